The van der Waals surface area contributed by atoms with Crippen molar-refractivity contribution >= 4 is 11.8 Å². The average molecular weight is 376 g/mol. The lowest BCUT2D eigenvalue weighted by Gasteiger charge is -2.28. The van der Waals surface area contributed by atoms with Gasteiger partial charge in [0.15, 0.2) is 0 Å². The number of nitrogens with zero attached hydrogens (tertiary/aromatic N) is 1. The molecule has 0 bridgehead atoms. The van der Waals surface area contributed by atoms with Crippen molar-refractivity contribution in [2.24, 2.45) is 0 Å². The molecule has 0 spiro atoms. The van der Waals surface area contributed by atoms with E-state index in [2.05, 4.69) is 6.92 Å². The zero-order chi connectivity index (χ0) is 20.1. The number of hydrogen-bond acceptors (Lipinski definition) is 2. The van der Waals surface area contributed by atoms with E-state index in [-0.39, 0.29) is 6.09 Å². The van der Waals surface area contributed by atoms with Crippen LogP contribution in [0.2, 0.25) is 0 Å². The monoisotopic (exact) mass is 375 g/mol. The second-order valence-corrected chi connectivity index (χ2v) is 8.60. The zero-order valence-electron chi connectivity index (χ0n) is 18.4. The Bertz CT molecular complexity index is 533. The van der Waals surface area contributed by atoms with Crippen LogP contribution in [0.5, 0.6) is 0 Å². The molecule has 0 aliphatic rings. The van der Waals surface area contributed by atoms with E-state index in [1.807, 2.05) is 56.9 Å². The van der Waals surface area contributed by atoms with E-state index in [9.17, 15) is 4.79 Å². The molecule has 0 saturated carbocycles. The lowest BCUT2D eigenvalue weighted by molar-refractivity contribution is 0.0579. The lowest BCUT2D eigenvalue weighted by atomic mass is 10.1. The number of carbonyl (C=O) groups is 1. The van der Waals surface area contributed by atoms with Crippen LogP contribution in [0.15, 0.2) is 24.3 Å². The Morgan fingerprint density at radius 3 is 1.93 bits per heavy atom. The molecule has 3 nitrogen and oxygen atoms in total. The molecule has 0 aliphatic heterocycles. The van der Waals surface area contributed by atoms with E-state index in [0.29, 0.717) is 0 Å². The van der Waals surface area contributed by atoms with Crippen molar-refractivity contribution in [2.75, 3.05) is 11.4 Å². The van der Waals surface area contributed by atoms with Gasteiger partial charge in [0.2, 0.25) is 0 Å². The molecule has 1 rings (SSSR count). The highest BCUT2D eigenvalue weighted by molar-refractivity contribution is 5.88. The van der Waals surface area contributed by atoms with Crippen LogP contribution in [0.3, 0.4) is 0 Å². The summed E-state index contributed by atoms with van der Waals surface area (Å²) in [5.74, 6) is 0. The number of benzene rings is 1. The standard InChI is InChI=1S/C24H41NO2/c1-6-7-8-9-10-11-12-13-14-17-20-25(23(26)27-24(3,4)5)22-19-16-15-18-21(22)2/h15-16,18-19H,6-14,17,20H2,1-5H3. The first kappa shape index (κ1) is 23.5. The van der Waals surface area contributed by atoms with Crippen LogP contribution in [-0.2, 0) is 4.74 Å². The van der Waals surface area contributed by atoms with E-state index in [1.165, 1.54) is 57.8 Å². The van der Waals surface area contributed by atoms with Gasteiger partial charge in [0.1, 0.15) is 5.60 Å². The average Bonchev–Trinajstić information content (AvgIpc) is 2.59. The summed E-state index contributed by atoms with van der Waals surface area (Å²) in [5.41, 5.74) is 1.59. The molecule has 0 fully saturated rings. The SMILES string of the molecule is CCCCCCCCCCCCN(C(=O)OC(C)(C)C)c1ccccc1C. The second kappa shape index (κ2) is 12.8. The number of amides is 1. The van der Waals surface area contributed by atoms with Gasteiger partial charge >= 0.3 is 6.09 Å². The minimum absolute atomic E-state index is 0.243. The summed E-state index contributed by atoms with van der Waals surface area (Å²) in [7, 11) is 0. The van der Waals surface area contributed by atoms with Gasteiger partial charge in [-0.15, -0.1) is 0 Å². The van der Waals surface area contributed by atoms with E-state index in [4.69, 9.17) is 4.74 Å². The highest BCUT2D eigenvalue weighted by Crippen LogP contribution is 2.23. The fraction of sp³-hybridized carbons (Fsp3) is 0.708. The molecule has 0 aromatic heterocycles. The van der Waals surface area contributed by atoms with Gasteiger partial charge in [0, 0.05) is 12.2 Å². The molecule has 1 amide bonds. The predicted octanol–water partition coefficient (Wildman–Crippen LogP) is 7.66. The molecular formula is C24H41NO2. The molecule has 1 aromatic carbocycles. The summed E-state index contributed by atoms with van der Waals surface area (Å²) in [5, 5.41) is 0. The number of hydrogen-bond donors (Lipinski definition) is 0. The maximum Gasteiger partial charge on any atom is 0.414 e. The number of aryl methyl sites for hydroxylation is 1. The first-order valence-corrected chi connectivity index (χ1v) is 10.9. The van der Waals surface area contributed by atoms with Crippen molar-refractivity contribution < 1.29 is 9.53 Å². The molecule has 3 heteroatoms. The molecule has 0 atom stereocenters. The van der Waals surface area contributed by atoms with Gasteiger partial charge in [-0.2, -0.15) is 0 Å². The molecule has 1 aromatic rings. The Balaban J connectivity index is 2.42. The van der Waals surface area contributed by atoms with Gasteiger partial charge in [-0.1, -0.05) is 82.9 Å². The Morgan fingerprint density at radius 2 is 1.41 bits per heavy atom. The maximum absolute atomic E-state index is 12.7. The third kappa shape index (κ3) is 10.4. The van der Waals surface area contributed by atoms with Gasteiger partial charge in [0.25, 0.3) is 0 Å². The highest BCUT2D eigenvalue weighted by Gasteiger charge is 2.23. The molecule has 0 N–H and O–H groups in total. The van der Waals surface area contributed by atoms with Crippen LogP contribution in [0.4, 0.5) is 10.5 Å². The molecule has 27 heavy (non-hydrogen) atoms. The summed E-state index contributed by atoms with van der Waals surface area (Å²) in [6.07, 6.45) is 12.7. The number of ether oxygens (including phenoxy) is 1. The Morgan fingerprint density at radius 1 is 0.889 bits per heavy atom. The van der Waals surface area contributed by atoms with Gasteiger partial charge in [0.05, 0.1) is 0 Å². The second-order valence-electron chi connectivity index (χ2n) is 8.60. The first-order chi connectivity index (χ1) is 12.8. The fourth-order valence-electron chi connectivity index (χ4n) is 3.25. The third-order valence-corrected chi connectivity index (χ3v) is 4.76. The Kier molecular flexibility index (Phi) is 11.2. The number of carbonyl (C=O) groups excluding carboxylic acids is 1. The van der Waals surface area contributed by atoms with Gasteiger partial charge in [-0.3, -0.25) is 4.90 Å². The molecule has 0 heterocycles. The van der Waals surface area contributed by atoms with Crippen molar-refractivity contribution in [2.45, 2.75) is 104 Å². The van der Waals surface area contributed by atoms with Crippen molar-refractivity contribution in [3.05, 3.63) is 29.8 Å². The van der Waals surface area contributed by atoms with Crippen LogP contribution in [0.1, 0.15) is 97.5 Å². The lowest BCUT2D eigenvalue weighted by Crippen LogP contribution is -2.37. The number of unbranched alkanes of at least 4 members (excludes halogenated alkanes) is 9. The number of anilines is 1. The minimum atomic E-state index is -0.476. The summed E-state index contributed by atoms with van der Waals surface area (Å²) >= 11 is 0. The van der Waals surface area contributed by atoms with Gasteiger partial charge in [-0.25, -0.2) is 4.79 Å². The first-order valence-electron chi connectivity index (χ1n) is 10.9. The number of rotatable bonds is 12. The van der Waals surface area contributed by atoms with Crippen molar-refractivity contribution in [1.29, 1.82) is 0 Å². The smallest absolute Gasteiger partial charge is 0.414 e. The normalized spacial score (nSPS) is 11.4. The highest BCUT2D eigenvalue weighted by atomic mass is 16.6. The van der Waals surface area contributed by atoms with Crippen LogP contribution in [0, 0.1) is 6.92 Å². The summed E-state index contributed by atoms with van der Waals surface area (Å²) in [6, 6.07) is 8.05. The topological polar surface area (TPSA) is 29.5 Å². The minimum Gasteiger partial charge on any atom is -0.443 e. The Hall–Kier alpha value is -1.51. The van der Waals surface area contributed by atoms with Crippen LogP contribution in [0.25, 0.3) is 0 Å². The van der Waals surface area contributed by atoms with E-state index in [0.717, 1.165) is 24.2 Å². The van der Waals surface area contributed by atoms with Crippen molar-refractivity contribution in [3.8, 4) is 0 Å². The van der Waals surface area contributed by atoms with E-state index in [1.54, 1.807) is 0 Å². The van der Waals surface area contributed by atoms with Crippen molar-refractivity contribution in [3.63, 3.8) is 0 Å². The van der Waals surface area contributed by atoms with E-state index >= 15 is 0 Å². The number of para-hydroxylation sites is 1. The van der Waals surface area contributed by atoms with Crippen LogP contribution >= 0.6 is 0 Å². The van der Waals surface area contributed by atoms with Gasteiger partial charge < -0.3 is 4.74 Å². The molecular weight excluding hydrogens is 334 g/mol. The van der Waals surface area contributed by atoms with Crippen molar-refractivity contribution in [1.82, 2.24) is 0 Å². The largest absolute Gasteiger partial charge is 0.443 e. The maximum atomic E-state index is 12.7. The quantitative estimate of drug-likeness (QED) is 0.351. The molecule has 0 saturated heterocycles. The molecule has 154 valence electrons. The van der Waals surface area contributed by atoms with Crippen LogP contribution < -0.4 is 4.90 Å². The third-order valence-electron chi connectivity index (χ3n) is 4.76. The molecule has 0 radical (unpaired) electrons. The molecule has 0 aliphatic carbocycles. The zero-order valence-corrected chi connectivity index (χ0v) is 18.4. The fourth-order valence-corrected chi connectivity index (χ4v) is 3.25. The van der Waals surface area contributed by atoms with Crippen LogP contribution in [-0.4, -0.2) is 18.2 Å². The molecule has 0 unspecified atom stereocenters. The summed E-state index contributed by atoms with van der Waals surface area (Å²) < 4.78 is 5.64. The summed E-state index contributed by atoms with van der Waals surface area (Å²) in [4.78, 5) is 14.5. The summed E-state index contributed by atoms with van der Waals surface area (Å²) in [6.45, 7) is 10.8. The predicted molar refractivity (Wildman–Crippen MR) is 117 cm³/mol. The van der Waals surface area contributed by atoms with Gasteiger partial charge in [-0.05, 0) is 45.7 Å². The van der Waals surface area contributed by atoms with E-state index < -0.39 is 5.60 Å². The Labute approximate surface area is 167 Å².